The van der Waals surface area contributed by atoms with Gasteiger partial charge in [-0.15, -0.1) is 0 Å². The lowest BCUT2D eigenvalue weighted by Gasteiger charge is -2.29. The summed E-state index contributed by atoms with van der Waals surface area (Å²) in [5, 5.41) is 0. The van der Waals surface area contributed by atoms with Crippen LogP contribution in [0.15, 0.2) is 18.2 Å². The van der Waals surface area contributed by atoms with Crippen molar-refractivity contribution in [2.45, 2.75) is 6.42 Å². The Balaban J connectivity index is 2.27. The Bertz CT molecular complexity index is 341. The van der Waals surface area contributed by atoms with Crippen molar-refractivity contribution in [3.8, 4) is 5.75 Å². The molecule has 2 rings (SSSR count). The molecule has 1 aromatic carbocycles. The lowest BCUT2D eigenvalue weighted by molar-refractivity contribution is 0.140. The third-order valence-electron chi connectivity index (χ3n) is 2.65. The van der Waals surface area contributed by atoms with Crippen LogP contribution < -0.4 is 15.5 Å². The molecule has 1 aromatic rings. The fraction of sp³-hybridized carbons (Fsp3) is 0.455. The number of anilines is 1. The van der Waals surface area contributed by atoms with E-state index in [1.165, 1.54) is 0 Å². The highest BCUT2D eigenvalue weighted by Crippen LogP contribution is 2.34. The summed E-state index contributed by atoms with van der Waals surface area (Å²) in [4.78, 5) is 6.79. The lowest BCUT2D eigenvalue weighted by Crippen LogP contribution is -2.29. The van der Waals surface area contributed by atoms with Gasteiger partial charge in [-0.25, -0.2) is 5.90 Å². The Morgan fingerprint density at radius 1 is 1.53 bits per heavy atom. The average Bonchev–Trinajstić information content (AvgIpc) is 2.27. The zero-order chi connectivity index (χ0) is 10.7. The van der Waals surface area contributed by atoms with E-state index in [4.69, 9.17) is 10.6 Å². The van der Waals surface area contributed by atoms with Crippen LogP contribution in [0, 0.1) is 0 Å². The van der Waals surface area contributed by atoms with Gasteiger partial charge in [-0.05, 0) is 11.6 Å². The minimum Gasteiger partial charge on any atom is -0.489 e. The highest BCUT2D eigenvalue weighted by atomic mass is 16.6. The molecule has 2 N–H and O–H groups in total. The molecule has 0 aliphatic carbocycles. The topological polar surface area (TPSA) is 47.7 Å². The van der Waals surface area contributed by atoms with Gasteiger partial charge in [-0.1, -0.05) is 12.1 Å². The Hall–Kier alpha value is -1.26. The number of ether oxygens (including phenoxy) is 1. The molecule has 0 unspecified atom stereocenters. The maximum atomic E-state index is 5.68. The molecular formula is C11H16N2O2. The Morgan fingerprint density at radius 3 is 3.20 bits per heavy atom. The number of hydrogen-bond acceptors (Lipinski definition) is 4. The molecule has 0 atom stereocenters. The van der Waals surface area contributed by atoms with Crippen molar-refractivity contribution in [3.63, 3.8) is 0 Å². The summed E-state index contributed by atoms with van der Waals surface area (Å²) >= 11 is 0. The minimum absolute atomic E-state index is 0.517. The van der Waals surface area contributed by atoms with Gasteiger partial charge in [0, 0.05) is 13.5 Å². The second-order valence-electron chi connectivity index (χ2n) is 3.66. The molecule has 1 aliphatic rings. The van der Waals surface area contributed by atoms with Crippen molar-refractivity contribution in [2.24, 2.45) is 5.90 Å². The molecule has 4 nitrogen and oxygen atoms in total. The molecule has 0 fully saturated rings. The largest absolute Gasteiger partial charge is 0.489 e. The van der Waals surface area contributed by atoms with Crippen LogP contribution in [0.1, 0.15) is 5.56 Å². The van der Waals surface area contributed by atoms with Crippen molar-refractivity contribution < 1.29 is 9.57 Å². The van der Waals surface area contributed by atoms with Gasteiger partial charge in [0.05, 0.1) is 18.8 Å². The van der Waals surface area contributed by atoms with Gasteiger partial charge in [-0.3, -0.25) is 0 Å². The van der Waals surface area contributed by atoms with Gasteiger partial charge in [0.1, 0.15) is 12.4 Å². The third-order valence-corrected chi connectivity index (χ3v) is 2.65. The monoisotopic (exact) mass is 208 g/mol. The molecule has 1 aliphatic heterocycles. The van der Waals surface area contributed by atoms with Gasteiger partial charge < -0.3 is 14.5 Å². The molecular weight excluding hydrogens is 192 g/mol. The van der Waals surface area contributed by atoms with Crippen LogP contribution in [-0.4, -0.2) is 26.8 Å². The van der Waals surface area contributed by atoms with Crippen LogP contribution in [0.2, 0.25) is 0 Å². The summed E-state index contributed by atoms with van der Waals surface area (Å²) in [5.74, 6) is 6.00. The normalized spacial score (nSPS) is 14.7. The van der Waals surface area contributed by atoms with Crippen molar-refractivity contribution in [1.82, 2.24) is 0 Å². The van der Waals surface area contributed by atoms with E-state index in [1.54, 1.807) is 0 Å². The van der Waals surface area contributed by atoms with Crippen molar-refractivity contribution >= 4 is 5.69 Å². The summed E-state index contributed by atoms with van der Waals surface area (Å²) in [5.41, 5.74) is 2.31. The van der Waals surface area contributed by atoms with Crippen LogP contribution >= 0.6 is 0 Å². The Labute approximate surface area is 89.5 Å². The number of rotatable bonds is 3. The van der Waals surface area contributed by atoms with Gasteiger partial charge >= 0.3 is 0 Å². The van der Waals surface area contributed by atoms with E-state index in [-0.39, 0.29) is 0 Å². The first-order valence-corrected chi connectivity index (χ1v) is 5.10. The first-order chi connectivity index (χ1) is 7.33. The van der Waals surface area contributed by atoms with Crippen molar-refractivity contribution in [2.75, 3.05) is 31.7 Å². The summed E-state index contributed by atoms with van der Waals surface area (Å²) in [6, 6.07) is 6.16. The summed E-state index contributed by atoms with van der Waals surface area (Å²) in [7, 11) is 2.07. The van der Waals surface area contributed by atoms with E-state index >= 15 is 0 Å². The van der Waals surface area contributed by atoms with Gasteiger partial charge in [0.25, 0.3) is 0 Å². The molecule has 15 heavy (non-hydrogen) atoms. The maximum Gasteiger partial charge on any atom is 0.145 e. The second kappa shape index (κ2) is 4.51. The highest BCUT2D eigenvalue weighted by Gasteiger charge is 2.17. The van der Waals surface area contributed by atoms with Gasteiger partial charge in [0.15, 0.2) is 0 Å². The van der Waals surface area contributed by atoms with E-state index in [0.29, 0.717) is 6.61 Å². The van der Waals surface area contributed by atoms with Gasteiger partial charge in [-0.2, -0.15) is 0 Å². The molecule has 82 valence electrons. The lowest BCUT2D eigenvalue weighted by atomic mass is 10.1. The fourth-order valence-corrected chi connectivity index (χ4v) is 1.81. The summed E-state index contributed by atoms with van der Waals surface area (Å²) in [6.07, 6.45) is 0.785. The minimum atomic E-state index is 0.517. The van der Waals surface area contributed by atoms with Crippen molar-refractivity contribution in [3.05, 3.63) is 23.8 Å². The predicted octanol–water partition coefficient (Wildman–Crippen LogP) is 0.948. The number of para-hydroxylation sites is 1. The number of nitrogens with two attached hydrogens (primary N) is 1. The number of likely N-dealkylation sites (N-methyl/N-ethyl adjacent to an activating group) is 1. The molecule has 0 spiro atoms. The molecule has 0 bridgehead atoms. The quantitative estimate of drug-likeness (QED) is 0.751. The zero-order valence-corrected chi connectivity index (χ0v) is 8.90. The molecule has 0 radical (unpaired) electrons. The standard InChI is InChI=1S/C11H16N2O2/c1-13-6-8-14-11-9(5-7-15-12)3-2-4-10(11)13/h2-4H,5-8,12H2,1H3. The predicted molar refractivity (Wildman–Crippen MR) is 59.1 cm³/mol. The molecule has 0 amide bonds. The SMILES string of the molecule is CN1CCOc2c(CCON)cccc21. The van der Waals surface area contributed by atoms with E-state index in [2.05, 4.69) is 28.9 Å². The first-order valence-electron chi connectivity index (χ1n) is 5.10. The number of benzene rings is 1. The molecule has 4 heteroatoms. The second-order valence-corrected chi connectivity index (χ2v) is 3.66. The van der Waals surface area contributed by atoms with Crippen LogP contribution in [0.3, 0.4) is 0 Å². The van der Waals surface area contributed by atoms with E-state index in [0.717, 1.165) is 36.6 Å². The Morgan fingerprint density at radius 2 is 2.40 bits per heavy atom. The number of hydrogen-bond donors (Lipinski definition) is 1. The van der Waals surface area contributed by atoms with Crippen LogP contribution in [0.4, 0.5) is 5.69 Å². The Kier molecular flexibility index (Phi) is 3.08. The fourth-order valence-electron chi connectivity index (χ4n) is 1.81. The van der Waals surface area contributed by atoms with E-state index < -0.39 is 0 Å². The third kappa shape index (κ3) is 2.06. The molecule has 0 saturated carbocycles. The van der Waals surface area contributed by atoms with Crippen molar-refractivity contribution in [1.29, 1.82) is 0 Å². The van der Waals surface area contributed by atoms with Crippen LogP contribution in [0.5, 0.6) is 5.75 Å². The average molecular weight is 208 g/mol. The van der Waals surface area contributed by atoms with Crippen LogP contribution in [0.25, 0.3) is 0 Å². The molecule has 0 saturated heterocycles. The molecule has 0 aromatic heterocycles. The number of fused-ring (bicyclic) bond motifs is 1. The first kappa shape index (κ1) is 10.3. The summed E-state index contributed by atoms with van der Waals surface area (Å²) < 4.78 is 5.68. The summed E-state index contributed by atoms with van der Waals surface area (Å²) in [6.45, 7) is 2.19. The van der Waals surface area contributed by atoms with E-state index in [1.807, 2.05) is 6.07 Å². The number of nitrogens with zero attached hydrogens (tertiary/aromatic N) is 1. The molecule has 1 heterocycles. The zero-order valence-electron chi connectivity index (χ0n) is 8.90. The van der Waals surface area contributed by atoms with Crippen LogP contribution in [-0.2, 0) is 11.3 Å². The highest BCUT2D eigenvalue weighted by molar-refractivity contribution is 5.62. The smallest absolute Gasteiger partial charge is 0.145 e. The maximum absolute atomic E-state index is 5.68. The van der Waals surface area contributed by atoms with Gasteiger partial charge in [0.2, 0.25) is 0 Å². The van der Waals surface area contributed by atoms with E-state index in [9.17, 15) is 0 Å².